The van der Waals surface area contributed by atoms with E-state index in [9.17, 15) is 0 Å². The number of nitrogens with zero attached hydrogens (tertiary/aromatic N) is 2. The topological polar surface area (TPSA) is 21.9 Å². The van der Waals surface area contributed by atoms with Gasteiger partial charge in [0.25, 0.3) is 5.82 Å². The van der Waals surface area contributed by atoms with Gasteiger partial charge in [0.15, 0.2) is 11.0 Å². The first-order valence-electron chi connectivity index (χ1n) is 11.3. The molecule has 0 bridgehead atoms. The zero-order valence-corrected chi connectivity index (χ0v) is 18.9. The third kappa shape index (κ3) is 2.48. The predicted octanol–water partition coefficient (Wildman–Crippen LogP) is 7.28. The lowest BCUT2D eigenvalue weighted by Crippen LogP contribution is -2.30. The third-order valence-corrected chi connectivity index (χ3v) is 7.18. The van der Waals surface area contributed by atoms with Gasteiger partial charge in [0.2, 0.25) is 0 Å². The van der Waals surface area contributed by atoms with Crippen molar-refractivity contribution in [2.45, 2.75) is 13.8 Å². The maximum atomic E-state index is 6.51. The highest BCUT2D eigenvalue weighted by atomic mass is 16.3. The summed E-state index contributed by atoms with van der Waals surface area (Å²) >= 11 is 0. The van der Waals surface area contributed by atoms with Crippen LogP contribution in [0.1, 0.15) is 11.4 Å². The second-order valence-electron chi connectivity index (χ2n) is 9.03. The van der Waals surface area contributed by atoms with E-state index in [1.165, 1.54) is 49.7 Å². The summed E-state index contributed by atoms with van der Waals surface area (Å²) in [4.78, 5) is 0. The molecule has 0 saturated heterocycles. The normalized spacial score (nSPS) is 12.1. The lowest BCUT2D eigenvalue weighted by atomic mass is 10.0. The number of benzene rings is 5. The number of fused-ring (bicyclic) bond motifs is 7. The fraction of sp³-hybridized carbons (Fsp3) is 0.100. The molecule has 0 amide bonds. The molecule has 0 atom stereocenters. The minimum atomic E-state index is 0.937. The fourth-order valence-electron chi connectivity index (χ4n) is 5.33. The summed E-state index contributed by atoms with van der Waals surface area (Å²) in [6, 6.07) is 30.5. The van der Waals surface area contributed by atoms with Crippen LogP contribution in [-0.4, -0.2) is 4.57 Å². The molecule has 0 radical (unpaired) electrons. The van der Waals surface area contributed by atoms with Gasteiger partial charge in [-0.05, 0) is 59.0 Å². The number of rotatable bonds is 1. The number of furan rings is 1. The zero-order valence-electron chi connectivity index (χ0n) is 18.9. The molecule has 0 unspecified atom stereocenters. The number of hydrogen-bond donors (Lipinski definition) is 0. The second kappa shape index (κ2) is 6.46. The van der Waals surface area contributed by atoms with E-state index in [2.05, 4.69) is 115 Å². The summed E-state index contributed by atoms with van der Waals surface area (Å²) in [6.07, 6.45) is 0. The highest BCUT2D eigenvalue weighted by Crippen LogP contribution is 2.37. The molecule has 7 aromatic rings. The van der Waals surface area contributed by atoms with E-state index in [1.54, 1.807) is 0 Å². The Hall–Kier alpha value is -4.11. The fourth-order valence-corrected chi connectivity index (χ4v) is 5.33. The standard InChI is InChI=1S/C30H23N2O/c1-18-8-4-7-11-26(18)32-19(2)31(3)27-15-22-12-13-23-25-14-20-9-5-6-10-21(20)16-29(25)33-30(23)24(22)17-28(27)32/h4-17H,1-3H3/q+1. The molecule has 3 nitrogen and oxygen atoms in total. The summed E-state index contributed by atoms with van der Waals surface area (Å²) < 4.78 is 11.1. The molecule has 33 heavy (non-hydrogen) atoms. The maximum Gasteiger partial charge on any atom is 0.259 e. The molecule has 0 aliphatic carbocycles. The van der Waals surface area contributed by atoms with Gasteiger partial charge in [0.1, 0.15) is 16.9 Å². The first kappa shape index (κ1) is 18.5. The van der Waals surface area contributed by atoms with E-state index in [1.807, 2.05) is 0 Å². The molecule has 0 fully saturated rings. The number of para-hydroxylation sites is 1. The van der Waals surface area contributed by atoms with E-state index in [4.69, 9.17) is 4.42 Å². The molecule has 0 aliphatic rings. The third-order valence-electron chi connectivity index (χ3n) is 7.18. The largest absolute Gasteiger partial charge is 0.455 e. The average Bonchev–Trinajstić information content (AvgIpc) is 3.31. The molecule has 0 saturated carbocycles. The monoisotopic (exact) mass is 427 g/mol. The Morgan fingerprint density at radius 3 is 2.27 bits per heavy atom. The minimum absolute atomic E-state index is 0.937. The molecule has 7 rings (SSSR count). The van der Waals surface area contributed by atoms with Crippen LogP contribution in [0.3, 0.4) is 0 Å². The van der Waals surface area contributed by atoms with E-state index < -0.39 is 0 Å². The smallest absolute Gasteiger partial charge is 0.259 e. The molecule has 0 N–H and O–H groups in total. The van der Waals surface area contributed by atoms with Crippen LogP contribution in [0.5, 0.6) is 0 Å². The number of aromatic nitrogens is 2. The first-order chi connectivity index (χ1) is 16.1. The van der Waals surface area contributed by atoms with Crippen LogP contribution in [-0.2, 0) is 7.05 Å². The summed E-state index contributed by atoms with van der Waals surface area (Å²) in [6.45, 7) is 4.35. The summed E-state index contributed by atoms with van der Waals surface area (Å²) in [5.41, 5.74) is 6.76. The van der Waals surface area contributed by atoms with Gasteiger partial charge in [-0.25, -0.2) is 4.57 Å². The summed E-state index contributed by atoms with van der Waals surface area (Å²) in [5.74, 6) is 1.20. The Balaban J connectivity index is 1.62. The van der Waals surface area contributed by atoms with Crippen molar-refractivity contribution in [2.24, 2.45) is 7.05 Å². The van der Waals surface area contributed by atoms with Crippen LogP contribution >= 0.6 is 0 Å². The lowest BCUT2D eigenvalue weighted by Gasteiger charge is -2.04. The Bertz CT molecular complexity index is 1900. The van der Waals surface area contributed by atoms with Crippen LogP contribution in [0.2, 0.25) is 0 Å². The van der Waals surface area contributed by atoms with Crippen LogP contribution in [0, 0.1) is 13.8 Å². The lowest BCUT2D eigenvalue weighted by molar-refractivity contribution is -0.652. The number of aryl methyl sites for hydroxylation is 2. The molecule has 2 aromatic heterocycles. The Kier molecular flexibility index (Phi) is 3.61. The van der Waals surface area contributed by atoms with Gasteiger partial charge in [0, 0.05) is 29.1 Å². The van der Waals surface area contributed by atoms with Gasteiger partial charge < -0.3 is 4.42 Å². The van der Waals surface area contributed by atoms with Crippen molar-refractivity contribution in [2.75, 3.05) is 0 Å². The highest BCUT2D eigenvalue weighted by Gasteiger charge is 2.23. The van der Waals surface area contributed by atoms with Crippen molar-refractivity contribution in [3.63, 3.8) is 0 Å². The van der Waals surface area contributed by atoms with Gasteiger partial charge in [0.05, 0.1) is 7.05 Å². The van der Waals surface area contributed by atoms with Gasteiger partial charge >= 0.3 is 0 Å². The highest BCUT2D eigenvalue weighted by molar-refractivity contribution is 6.18. The van der Waals surface area contributed by atoms with E-state index in [0.717, 1.165) is 21.9 Å². The Morgan fingerprint density at radius 2 is 1.45 bits per heavy atom. The van der Waals surface area contributed by atoms with Crippen LogP contribution in [0.15, 0.2) is 89.3 Å². The first-order valence-corrected chi connectivity index (χ1v) is 11.3. The number of hydrogen-bond acceptors (Lipinski definition) is 1. The van der Waals surface area contributed by atoms with Crippen molar-refractivity contribution in [3.8, 4) is 5.69 Å². The molecule has 5 aromatic carbocycles. The van der Waals surface area contributed by atoms with Crippen molar-refractivity contribution >= 4 is 54.5 Å². The van der Waals surface area contributed by atoms with E-state index >= 15 is 0 Å². The zero-order chi connectivity index (χ0) is 22.3. The van der Waals surface area contributed by atoms with Crippen molar-refractivity contribution in [3.05, 3.63) is 96.3 Å². The van der Waals surface area contributed by atoms with E-state index in [-0.39, 0.29) is 0 Å². The second-order valence-corrected chi connectivity index (χ2v) is 9.03. The minimum Gasteiger partial charge on any atom is -0.455 e. The molecule has 158 valence electrons. The van der Waals surface area contributed by atoms with Gasteiger partial charge in [-0.2, -0.15) is 4.57 Å². The Morgan fingerprint density at radius 1 is 0.697 bits per heavy atom. The Labute approximate surface area is 191 Å². The molecular formula is C30H23N2O+. The van der Waals surface area contributed by atoms with Gasteiger partial charge in [-0.3, -0.25) is 0 Å². The molecule has 0 aliphatic heterocycles. The molecular weight excluding hydrogens is 404 g/mol. The van der Waals surface area contributed by atoms with E-state index in [0.29, 0.717) is 0 Å². The summed E-state index contributed by atoms with van der Waals surface area (Å²) in [5, 5.41) is 7.11. The van der Waals surface area contributed by atoms with Gasteiger partial charge in [-0.1, -0.05) is 48.5 Å². The maximum absolute atomic E-state index is 6.51. The predicted molar refractivity (Wildman–Crippen MR) is 136 cm³/mol. The van der Waals surface area contributed by atoms with Crippen molar-refractivity contribution < 1.29 is 8.98 Å². The molecule has 3 heteroatoms. The number of imidazole rings is 1. The summed E-state index contributed by atoms with van der Waals surface area (Å²) in [7, 11) is 2.14. The van der Waals surface area contributed by atoms with Crippen molar-refractivity contribution in [1.29, 1.82) is 0 Å². The molecule has 2 heterocycles. The van der Waals surface area contributed by atoms with Crippen LogP contribution in [0.25, 0.3) is 60.2 Å². The average molecular weight is 428 g/mol. The van der Waals surface area contributed by atoms with Gasteiger partial charge in [-0.15, -0.1) is 0 Å². The SMILES string of the molecule is Cc1ccccc1-n1c(C)[n+](C)c2cc3ccc4c5cc6ccccc6cc5oc4c3cc21. The molecule has 0 spiro atoms. The quantitative estimate of drug-likeness (QED) is 0.252. The van der Waals surface area contributed by atoms with Crippen molar-refractivity contribution in [1.82, 2.24) is 4.57 Å². The van der Waals surface area contributed by atoms with Crippen LogP contribution in [0.4, 0.5) is 0 Å². The van der Waals surface area contributed by atoms with Crippen LogP contribution < -0.4 is 4.57 Å².